The Morgan fingerprint density at radius 3 is 2.80 bits per heavy atom. The molecule has 128 valence electrons. The van der Waals surface area contributed by atoms with Gasteiger partial charge in [-0.2, -0.15) is 9.78 Å². The quantitative estimate of drug-likeness (QED) is 0.624. The molecule has 0 radical (unpaired) electrons. The highest BCUT2D eigenvalue weighted by Gasteiger charge is 2.29. The Labute approximate surface area is 157 Å². The van der Waals surface area contributed by atoms with Crippen LogP contribution in [0.1, 0.15) is 17.4 Å². The number of rotatable bonds is 2. The Bertz CT molecular complexity index is 995. The van der Waals surface area contributed by atoms with Crippen LogP contribution in [-0.2, 0) is 24.0 Å². The summed E-state index contributed by atoms with van der Waals surface area (Å²) in [5.41, 5.74) is 2.99. The van der Waals surface area contributed by atoms with Crippen LogP contribution in [0.4, 0.5) is 0 Å². The van der Waals surface area contributed by atoms with Gasteiger partial charge in [-0.05, 0) is 53.5 Å². The van der Waals surface area contributed by atoms with E-state index in [9.17, 15) is 9.35 Å². The van der Waals surface area contributed by atoms with Gasteiger partial charge < -0.3 is 4.55 Å². The lowest BCUT2D eigenvalue weighted by atomic mass is 10.1. The smallest absolute Gasteiger partial charge is 0.271 e. The molecule has 0 saturated carbocycles. The number of halogens is 1. The monoisotopic (exact) mass is 390 g/mol. The van der Waals surface area contributed by atoms with E-state index in [4.69, 9.17) is 11.6 Å². The highest BCUT2D eigenvalue weighted by atomic mass is 35.5. The number of hydrogen-bond donors (Lipinski definition) is 0. The van der Waals surface area contributed by atoms with Gasteiger partial charge in [-0.3, -0.25) is 4.79 Å². The standard InChI is InChI=1S/C18H15ClN2O2S2/c1-2-14-10-15-17-11(7-8-25(23)18(15)24-14)9-16(22)21(20-17)13-5-3-12(19)4-6-13/h3-6,9-10H,2,7-8H2,1H3. The van der Waals surface area contributed by atoms with Crippen molar-refractivity contribution < 1.29 is 4.55 Å². The van der Waals surface area contributed by atoms with E-state index < -0.39 is 11.2 Å². The van der Waals surface area contributed by atoms with Crippen LogP contribution in [-0.4, -0.2) is 20.1 Å². The molecule has 3 aromatic rings. The molecule has 0 bridgehead atoms. The molecule has 0 saturated heterocycles. The summed E-state index contributed by atoms with van der Waals surface area (Å²) in [5.74, 6) is 0.524. The molecule has 7 heteroatoms. The average molecular weight is 391 g/mol. The van der Waals surface area contributed by atoms with Gasteiger partial charge in [-0.15, -0.1) is 0 Å². The fourth-order valence-electron chi connectivity index (χ4n) is 2.90. The molecule has 4 rings (SSSR count). The average Bonchev–Trinajstić information content (AvgIpc) is 3.00. The van der Waals surface area contributed by atoms with Crippen LogP contribution >= 0.6 is 22.9 Å². The van der Waals surface area contributed by atoms with Gasteiger partial charge >= 0.3 is 0 Å². The number of hydrogen-bond acceptors (Lipinski definition) is 4. The summed E-state index contributed by atoms with van der Waals surface area (Å²) in [6, 6.07) is 10.7. The molecule has 2 aromatic heterocycles. The van der Waals surface area contributed by atoms with Crippen molar-refractivity contribution in [2.24, 2.45) is 0 Å². The van der Waals surface area contributed by atoms with E-state index in [1.165, 1.54) is 9.56 Å². The second kappa shape index (κ2) is 6.61. The Morgan fingerprint density at radius 1 is 1.32 bits per heavy atom. The van der Waals surface area contributed by atoms with Crippen molar-refractivity contribution >= 4 is 34.1 Å². The van der Waals surface area contributed by atoms with Crippen LogP contribution in [0, 0.1) is 0 Å². The first kappa shape index (κ1) is 16.8. The van der Waals surface area contributed by atoms with Crippen LogP contribution in [0.25, 0.3) is 16.9 Å². The Balaban J connectivity index is 1.94. The lowest BCUT2D eigenvalue weighted by molar-refractivity contribution is 0.597. The van der Waals surface area contributed by atoms with Gasteiger partial charge in [0.05, 0.1) is 11.3 Å². The summed E-state index contributed by atoms with van der Waals surface area (Å²) in [6.07, 6.45) is 1.48. The molecule has 0 N–H and O–H groups in total. The Morgan fingerprint density at radius 2 is 2.08 bits per heavy atom. The van der Waals surface area contributed by atoms with E-state index >= 15 is 0 Å². The molecular weight excluding hydrogens is 376 g/mol. The third-order valence-electron chi connectivity index (χ3n) is 4.20. The number of benzene rings is 1. The van der Waals surface area contributed by atoms with Gasteiger partial charge in [0.2, 0.25) is 4.21 Å². The van der Waals surface area contributed by atoms with E-state index in [1.807, 2.05) is 0 Å². The lowest BCUT2D eigenvalue weighted by Gasteiger charge is -2.09. The molecule has 1 atom stereocenters. The van der Waals surface area contributed by atoms with Gasteiger partial charge in [0.25, 0.3) is 5.56 Å². The van der Waals surface area contributed by atoms with Gasteiger partial charge in [-0.1, -0.05) is 29.9 Å². The van der Waals surface area contributed by atoms with Gasteiger partial charge in [-0.25, -0.2) is 0 Å². The Hall–Kier alpha value is -1.60. The molecule has 1 aromatic carbocycles. The zero-order valence-electron chi connectivity index (χ0n) is 13.5. The summed E-state index contributed by atoms with van der Waals surface area (Å²) in [5, 5.41) is 5.24. The predicted octanol–water partition coefficient (Wildman–Crippen LogP) is 3.84. The van der Waals surface area contributed by atoms with E-state index in [2.05, 4.69) is 18.1 Å². The first-order chi connectivity index (χ1) is 12.1. The molecule has 0 aliphatic carbocycles. The third kappa shape index (κ3) is 3.04. The fourth-order valence-corrected chi connectivity index (χ4v) is 5.79. The SMILES string of the molecule is CCc1cc2c(s1)[S+]([O-])CCc1cc(=O)n(-c3ccc(Cl)cc3)nc1-2. The van der Waals surface area contributed by atoms with Gasteiger partial charge in [0.1, 0.15) is 11.4 Å². The third-order valence-corrected chi connectivity index (χ3v) is 7.54. The van der Waals surface area contributed by atoms with Crippen molar-refractivity contribution in [3.63, 3.8) is 0 Å². The molecule has 1 aliphatic heterocycles. The zero-order chi connectivity index (χ0) is 17.6. The van der Waals surface area contributed by atoms with E-state index in [-0.39, 0.29) is 5.56 Å². The van der Waals surface area contributed by atoms with Crippen LogP contribution in [0.15, 0.2) is 45.4 Å². The number of aryl methyl sites for hydroxylation is 2. The van der Waals surface area contributed by atoms with Gasteiger partial charge in [0, 0.05) is 22.4 Å². The molecule has 0 fully saturated rings. The maximum atomic E-state index is 12.6. The first-order valence-electron chi connectivity index (χ1n) is 7.97. The number of aromatic nitrogens is 2. The zero-order valence-corrected chi connectivity index (χ0v) is 15.9. The van der Waals surface area contributed by atoms with Crippen molar-refractivity contribution in [2.75, 3.05) is 5.75 Å². The summed E-state index contributed by atoms with van der Waals surface area (Å²) >= 11 is 6.47. The van der Waals surface area contributed by atoms with Crippen molar-refractivity contribution in [1.82, 2.24) is 9.78 Å². The highest BCUT2D eigenvalue weighted by molar-refractivity contribution is 7.93. The molecular formula is C18H15ClN2O2S2. The second-order valence-electron chi connectivity index (χ2n) is 5.81. The van der Waals surface area contributed by atoms with Crippen LogP contribution < -0.4 is 5.56 Å². The molecule has 3 heterocycles. The molecule has 25 heavy (non-hydrogen) atoms. The first-order valence-corrected chi connectivity index (χ1v) is 10.5. The molecule has 0 spiro atoms. The maximum Gasteiger partial charge on any atom is 0.271 e. The summed E-state index contributed by atoms with van der Waals surface area (Å²) in [7, 11) is 0. The fraction of sp³-hybridized carbons (Fsp3) is 0.222. The highest BCUT2D eigenvalue weighted by Crippen LogP contribution is 2.39. The largest absolute Gasteiger partial charge is 0.611 e. The maximum absolute atomic E-state index is 12.6. The van der Waals surface area contributed by atoms with Crippen LogP contribution in [0.5, 0.6) is 0 Å². The molecule has 4 nitrogen and oxygen atoms in total. The van der Waals surface area contributed by atoms with E-state index in [0.29, 0.717) is 22.9 Å². The van der Waals surface area contributed by atoms with E-state index in [1.54, 1.807) is 41.7 Å². The van der Waals surface area contributed by atoms with Crippen molar-refractivity contribution in [3.05, 3.63) is 62.2 Å². The lowest BCUT2D eigenvalue weighted by Crippen LogP contribution is -2.22. The minimum Gasteiger partial charge on any atom is -0.611 e. The summed E-state index contributed by atoms with van der Waals surface area (Å²) < 4.78 is 14.8. The van der Waals surface area contributed by atoms with Crippen LogP contribution in [0.2, 0.25) is 5.02 Å². The van der Waals surface area contributed by atoms with Gasteiger partial charge in [0.15, 0.2) is 0 Å². The Kier molecular flexibility index (Phi) is 4.45. The summed E-state index contributed by atoms with van der Waals surface area (Å²) in [6.45, 7) is 2.08. The molecule has 0 amide bonds. The normalized spacial score (nSPS) is 16.2. The minimum absolute atomic E-state index is 0.193. The van der Waals surface area contributed by atoms with Crippen LogP contribution in [0.3, 0.4) is 0 Å². The van der Waals surface area contributed by atoms with Crippen molar-refractivity contribution in [3.8, 4) is 16.9 Å². The topological polar surface area (TPSA) is 57.9 Å². The van der Waals surface area contributed by atoms with E-state index in [0.717, 1.165) is 27.5 Å². The van der Waals surface area contributed by atoms with Crippen molar-refractivity contribution in [1.29, 1.82) is 0 Å². The predicted molar refractivity (Wildman–Crippen MR) is 103 cm³/mol. The number of fused-ring (bicyclic) bond motifs is 3. The molecule has 1 unspecified atom stereocenters. The summed E-state index contributed by atoms with van der Waals surface area (Å²) in [4.78, 5) is 13.7. The second-order valence-corrected chi connectivity index (χ2v) is 9.15. The minimum atomic E-state index is -1.05. The number of nitrogens with zero attached hydrogens (tertiary/aromatic N) is 2. The number of thiophene rings is 1. The molecule has 1 aliphatic rings. The van der Waals surface area contributed by atoms with Crippen molar-refractivity contribution in [2.45, 2.75) is 24.0 Å².